The summed E-state index contributed by atoms with van der Waals surface area (Å²) in [5.74, 6) is 0.735. The number of nitrogens with two attached hydrogens (primary N) is 1. The summed E-state index contributed by atoms with van der Waals surface area (Å²) in [7, 11) is 1.93. The van der Waals surface area contributed by atoms with Crippen LogP contribution < -0.4 is 11.1 Å². The molecule has 3 heterocycles. The molecule has 0 atom stereocenters. The molecule has 0 aliphatic carbocycles. The van der Waals surface area contributed by atoms with E-state index in [1.807, 2.05) is 44.0 Å². The lowest BCUT2D eigenvalue weighted by Gasteiger charge is -2.25. The molecule has 1 aromatic carbocycles. The Kier molecular flexibility index (Phi) is 6.14. The number of fused-ring (bicyclic) bond motifs is 1. The summed E-state index contributed by atoms with van der Waals surface area (Å²) in [5, 5.41) is 7.99. The summed E-state index contributed by atoms with van der Waals surface area (Å²) in [6.07, 6.45) is 3.42. The average molecular weight is 456 g/mol. The van der Waals surface area contributed by atoms with Crippen molar-refractivity contribution in [3.8, 4) is 0 Å². The first-order valence-electron chi connectivity index (χ1n) is 10.6. The number of nitrogens with zero attached hydrogens (tertiary/aromatic N) is 5. The van der Waals surface area contributed by atoms with E-state index in [0.29, 0.717) is 23.0 Å². The van der Waals surface area contributed by atoms with E-state index in [2.05, 4.69) is 28.4 Å². The molecule has 4 rings (SSSR count). The highest BCUT2D eigenvalue weighted by Crippen LogP contribution is 2.30. The van der Waals surface area contributed by atoms with Gasteiger partial charge in [-0.15, -0.1) is 0 Å². The Morgan fingerprint density at radius 1 is 1.06 bits per heavy atom. The minimum absolute atomic E-state index is 0.277. The molecular formula is C26H26FN7. The van der Waals surface area contributed by atoms with Crippen LogP contribution >= 0.6 is 0 Å². The van der Waals surface area contributed by atoms with Gasteiger partial charge in [0, 0.05) is 30.2 Å². The smallest absolute Gasteiger partial charge is 0.156 e. The van der Waals surface area contributed by atoms with Gasteiger partial charge in [-0.05, 0) is 61.4 Å². The van der Waals surface area contributed by atoms with Gasteiger partial charge < -0.3 is 16.0 Å². The van der Waals surface area contributed by atoms with Gasteiger partial charge in [0.2, 0.25) is 0 Å². The van der Waals surface area contributed by atoms with E-state index in [4.69, 9.17) is 10.8 Å². The maximum Gasteiger partial charge on any atom is 0.156 e. The number of hydrogen-bond donors (Lipinski definition) is 2. The summed E-state index contributed by atoms with van der Waals surface area (Å²) in [5.41, 5.74) is 12.2. The molecule has 172 valence electrons. The van der Waals surface area contributed by atoms with Crippen LogP contribution in [-0.4, -0.2) is 31.5 Å². The van der Waals surface area contributed by atoms with E-state index >= 15 is 0 Å². The highest BCUT2D eigenvalue weighted by molar-refractivity contribution is 5.88. The first kappa shape index (κ1) is 22.7. The van der Waals surface area contributed by atoms with Crippen molar-refractivity contribution in [2.75, 3.05) is 18.1 Å². The third-order valence-electron chi connectivity index (χ3n) is 5.51. The Morgan fingerprint density at radius 3 is 2.47 bits per heavy atom. The van der Waals surface area contributed by atoms with E-state index < -0.39 is 0 Å². The fourth-order valence-electron chi connectivity index (χ4n) is 3.57. The van der Waals surface area contributed by atoms with Gasteiger partial charge in [-0.2, -0.15) is 5.10 Å². The Labute approximate surface area is 197 Å². The van der Waals surface area contributed by atoms with Crippen molar-refractivity contribution in [3.63, 3.8) is 0 Å². The van der Waals surface area contributed by atoms with E-state index in [-0.39, 0.29) is 5.82 Å². The Hall–Kier alpha value is -4.46. The number of imidazole rings is 1. The van der Waals surface area contributed by atoms with Crippen molar-refractivity contribution in [2.45, 2.75) is 13.8 Å². The van der Waals surface area contributed by atoms with Crippen LogP contribution in [0.25, 0.3) is 22.6 Å². The van der Waals surface area contributed by atoms with Crippen LogP contribution in [0.3, 0.4) is 0 Å². The number of nitrogens with one attached hydrogen (secondary N) is 1. The van der Waals surface area contributed by atoms with Crippen LogP contribution in [0.15, 0.2) is 79.8 Å². The Balaban J connectivity index is 1.72. The fraction of sp³-hybridized carbons (Fsp3) is 0.115. The number of anilines is 2. The first-order valence-corrected chi connectivity index (χ1v) is 10.6. The van der Waals surface area contributed by atoms with Gasteiger partial charge in [-0.25, -0.2) is 18.9 Å². The second-order valence-corrected chi connectivity index (χ2v) is 8.00. The topological polar surface area (TPSA) is 84.4 Å². The molecule has 8 heteroatoms. The van der Waals surface area contributed by atoms with Crippen molar-refractivity contribution < 1.29 is 4.39 Å². The van der Waals surface area contributed by atoms with Gasteiger partial charge >= 0.3 is 0 Å². The molecule has 34 heavy (non-hydrogen) atoms. The van der Waals surface area contributed by atoms with Crippen molar-refractivity contribution in [3.05, 3.63) is 102 Å². The van der Waals surface area contributed by atoms with Crippen LogP contribution in [0.5, 0.6) is 0 Å². The van der Waals surface area contributed by atoms with Crippen molar-refractivity contribution in [1.82, 2.24) is 24.5 Å². The highest BCUT2D eigenvalue weighted by Gasteiger charge is 2.17. The molecule has 0 saturated heterocycles. The molecule has 0 bridgehead atoms. The number of benzene rings is 1. The maximum atomic E-state index is 13.5. The quantitative estimate of drug-likeness (QED) is 0.394. The van der Waals surface area contributed by atoms with Crippen LogP contribution in [0.1, 0.15) is 30.7 Å². The molecule has 0 aliphatic heterocycles. The highest BCUT2D eigenvalue weighted by atomic mass is 19.1. The zero-order chi connectivity index (χ0) is 24.4. The normalized spacial score (nSPS) is 11.8. The van der Waals surface area contributed by atoms with Gasteiger partial charge in [-0.1, -0.05) is 25.3 Å². The number of hydrogen-bond acceptors (Lipinski definition) is 6. The summed E-state index contributed by atoms with van der Waals surface area (Å²) in [6, 6.07) is 13.8. The van der Waals surface area contributed by atoms with E-state index in [0.717, 1.165) is 33.8 Å². The molecule has 0 radical (unpaired) electrons. The van der Waals surface area contributed by atoms with Crippen molar-refractivity contribution in [2.24, 2.45) is 0 Å². The molecule has 0 unspecified atom stereocenters. The molecule has 4 aromatic rings. The third-order valence-corrected chi connectivity index (χ3v) is 5.51. The van der Waals surface area contributed by atoms with Crippen LogP contribution in [0, 0.1) is 5.82 Å². The third kappa shape index (κ3) is 4.66. The number of allylic oxidation sites excluding steroid dienone is 2. The van der Waals surface area contributed by atoms with E-state index in [9.17, 15) is 4.39 Å². The molecule has 0 spiro atoms. The second kappa shape index (κ2) is 9.19. The first-order chi connectivity index (χ1) is 16.2. The van der Waals surface area contributed by atoms with Gasteiger partial charge in [-0.3, -0.25) is 0 Å². The lowest BCUT2D eigenvalue weighted by Crippen LogP contribution is -2.17. The molecule has 0 fully saturated rings. The van der Waals surface area contributed by atoms with Gasteiger partial charge in [0.05, 0.1) is 11.9 Å². The summed E-state index contributed by atoms with van der Waals surface area (Å²) >= 11 is 0. The largest absolute Gasteiger partial charge is 0.384 e. The van der Waals surface area contributed by atoms with Crippen molar-refractivity contribution in [1.29, 1.82) is 0 Å². The van der Waals surface area contributed by atoms with Gasteiger partial charge in [0.15, 0.2) is 11.5 Å². The molecule has 7 nitrogen and oxygen atoms in total. The maximum absolute atomic E-state index is 13.5. The molecule has 0 saturated carbocycles. The standard InChI is InChI=1S/C26H26FN7/c1-16(2)33(5)26(17(3)19-6-8-21(27)9-7-19)22-10-11-25-31-24(15-34(25)32-22)30-18(4)20-12-13-29-23(28)14-20/h6-15,30H,1,4H2,2-3,5H3,(H2,28,29)/b26-17+. The minimum Gasteiger partial charge on any atom is -0.384 e. The number of pyridine rings is 1. The Bertz CT molecular complexity index is 1420. The second-order valence-electron chi connectivity index (χ2n) is 8.00. The predicted octanol–water partition coefficient (Wildman–Crippen LogP) is 5.28. The lowest BCUT2D eigenvalue weighted by atomic mass is 10.0. The van der Waals surface area contributed by atoms with Gasteiger partial charge in [0.25, 0.3) is 0 Å². The van der Waals surface area contributed by atoms with Crippen LogP contribution in [-0.2, 0) is 0 Å². The van der Waals surface area contributed by atoms with Crippen LogP contribution in [0.4, 0.5) is 16.0 Å². The molecule has 0 amide bonds. The zero-order valence-corrected chi connectivity index (χ0v) is 19.4. The monoisotopic (exact) mass is 455 g/mol. The summed E-state index contributed by atoms with van der Waals surface area (Å²) in [4.78, 5) is 10.6. The number of nitrogen functional groups attached to an aromatic ring is 1. The molecule has 3 N–H and O–H groups in total. The fourth-order valence-corrected chi connectivity index (χ4v) is 3.57. The van der Waals surface area contributed by atoms with E-state index in [1.54, 1.807) is 35.1 Å². The van der Waals surface area contributed by atoms with Gasteiger partial charge in [0.1, 0.15) is 17.3 Å². The predicted molar refractivity (Wildman–Crippen MR) is 136 cm³/mol. The molecular weight excluding hydrogens is 429 g/mol. The molecule has 3 aromatic heterocycles. The van der Waals surface area contributed by atoms with Crippen molar-refractivity contribution >= 4 is 34.3 Å². The van der Waals surface area contributed by atoms with E-state index in [1.165, 1.54) is 12.1 Å². The summed E-state index contributed by atoms with van der Waals surface area (Å²) in [6.45, 7) is 12.1. The minimum atomic E-state index is -0.277. The lowest BCUT2D eigenvalue weighted by molar-refractivity contribution is 0.596. The Morgan fingerprint density at radius 2 is 1.79 bits per heavy atom. The number of halogens is 1. The number of rotatable bonds is 7. The SMILES string of the molecule is C=C(Nc1cn2nc(/C(=C(/C)c3ccc(F)cc3)N(C)C(=C)C)ccc2n1)c1ccnc(N)c1. The molecule has 0 aliphatic rings. The summed E-state index contributed by atoms with van der Waals surface area (Å²) < 4.78 is 15.2. The number of aromatic nitrogens is 4. The average Bonchev–Trinajstić information content (AvgIpc) is 3.21. The zero-order valence-electron chi connectivity index (χ0n) is 19.4. The van der Waals surface area contributed by atoms with Crippen LogP contribution in [0.2, 0.25) is 0 Å².